The van der Waals surface area contributed by atoms with Gasteiger partial charge in [-0.25, -0.2) is 4.98 Å². The van der Waals surface area contributed by atoms with Crippen LogP contribution < -0.4 is 5.73 Å². The van der Waals surface area contributed by atoms with Crippen molar-refractivity contribution in [2.75, 3.05) is 0 Å². The standard InChI is InChI=1S/C12H10ClF3N2/c13-11-8(9(17)6-12(14,15)16)5-7-3-1-2-4-10(7)18-11/h1-5,9H,6,17H2/t9-/m0/s1. The normalized spacial score (nSPS) is 13.8. The average Bonchev–Trinajstić information content (AvgIpc) is 2.25. The van der Waals surface area contributed by atoms with E-state index in [4.69, 9.17) is 17.3 Å². The van der Waals surface area contributed by atoms with Crippen molar-refractivity contribution in [2.24, 2.45) is 5.73 Å². The number of halogens is 4. The van der Waals surface area contributed by atoms with E-state index in [1.165, 1.54) is 0 Å². The smallest absolute Gasteiger partial charge is 0.324 e. The monoisotopic (exact) mass is 274 g/mol. The van der Waals surface area contributed by atoms with Crippen molar-refractivity contribution in [3.05, 3.63) is 41.0 Å². The van der Waals surface area contributed by atoms with Crippen molar-refractivity contribution in [1.82, 2.24) is 4.98 Å². The van der Waals surface area contributed by atoms with Crippen molar-refractivity contribution in [3.8, 4) is 0 Å². The summed E-state index contributed by atoms with van der Waals surface area (Å²) in [6.07, 6.45) is -5.44. The molecule has 6 heteroatoms. The Kier molecular flexibility index (Phi) is 3.45. The highest BCUT2D eigenvalue weighted by molar-refractivity contribution is 6.30. The molecule has 0 bridgehead atoms. The van der Waals surface area contributed by atoms with Gasteiger partial charge < -0.3 is 5.73 Å². The predicted molar refractivity (Wildman–Crippen MR) is 64.4 cm³/mol. The molecule has 1 aromatic heterocycles. The minimum atomic E-state index is -4.33. The van der Waals surface area contributed by atoms with Crippen molar-refractivity contribution >= 4 is 22.5 Å². The third-order valence-electron chi connectivity index (χ3n) is 2.56. The van der Waals surface area contributed by atoms with Gasteiger partial charge in [0, 0.05) is 17.0 Å². The lowest BCUT2D eigenvalue weighted by Crippen LogP contribution is -2.20. The summed E-state index contributed by atoms with van der Waals surface area (Å²) in [6, 6.07) is 7.40. The van der Waals surface area contributed by atoms with Crippen LogP contribution >= 0.6 is 11.6 Å². The first kappa shape index (κ1) is 13.1. The van der Waals surface area contributed by atoms with E-state index in [-0.39, 0.29) is 10.7 Å². The maximum atomic E-state index is 12.3. The topological polar surface area (TPSA) is 38.9 Å². The van der Waals surface area contributed by atoms with Gasteiger partial charge in [-0.1, -0.05) is 29.8 Å². The Balaban J connectivity index is 2.41. The Labute approximate surface area is 107 Å². The van der Waals surface area contributed by atoms with Crippen molar-refractivity contribution < 1.29 is 13.2 Å². The van der Waals surface area contributed by atoms with E-state index in [0.717, 1.165) is 5.39 Å². The summed E-state index contributed by atoms with van der Waals surface area (Å²) in [7, 11) is 0. The molecule has 2 N–H and O–H groups in total. The molecule has 0 aliphatic carbocycles. The quantitative estimate of drug-likeness (QED) is 0.845. The highest BCUT2D eigenvalue weighted by atomic mass is 35.5. The SMILES string of the molecule is N[C@@H](CC(F)(F)F)c1cc2ccccc2nc1Cl. The summed E-state index contributed by atoms with van der Waals surface area (Å²) in [5, 5.41) is 0.736. The van der Waals surface area contributed by atoms with Gasteiger partial charge in [-0.15, -0.1) is 0 Å². The van der Waals surface area contributed by atoms with E-state index < -0.39 is 18.6 Å². The number of fused-ring (bicyclic) bond motifs is 1. The number of rotatable bonds is 2. The second-order valence-electron chi connectivity index (χ2n) is 3.99. The molecule has 0 saturated carbocycles. The van der Waals surface area contributed by atoms with E-state index >= 15 is 0 Å². The van der Waals surface area contributed by atoms with Crippen LogP contribution in [-0.4, -0.2) is 11.2 Å². The van der Waals surface area contributed by atoms with E-state index in [1.54, 1.807) is 30.3 Å². The summed E-state index contributed by atoms with van der Waals surface area (Å²) in [5.74, 6) is 0. The first-order valence-electron chi connectivity index (χ1n) is 5.24. The molecular weight excluding hydrogens is 265 g/mol. The molecule has 2 aromatic rings. The molecule has 18 heavy (non-hydrogen) atoms. The molecule has 0 unspecified atom stereocenters. The Hall–Kier alpha value is -1.33. The van der Waals surface area contributed by atoms with Gasteiger partial charge in [0.15, 0.2) is 0 Å². The zero-order valence-corrected chi connectivity index (χ0v) is 9.96. The average molecular weight is 275 g/mol. The molecule has 2 rings (SSSR count). The van der Waals surface area contributed by atoms with Crippen LogP contribution in [0.3, 0.4) is 0 Å². The van der Waals surface area contributed by atoms with Crippen LogP contribution in [0, 0.1) is 0 Å². The molecule has 1 heterocycles. The van der Waals surface area contributed by atoms with Gasteiger partial charge in [0.2, 0.25) is 0 Å². The van der Waals surface area contributed by atoms with E-state index in [2.05, 4.69) is 4.98 Å². The van der Waals surface area contributed by atoms with Crippen molar-refractivity contribution in [3.63, 3.8) is 0 Å². The van der Waals surface area contributed by atoms with Crippen LogP contribution in [0.25, 0.3) is 10.9 Å². The molecule has 0 aliphatic rings. The van der Waals surface area contributed by atoms with Crippen LogP contribution in [0.4, 0.5) is 13.2 Å². The number of pyridine rings is 1. The molecule has 0 saturated heterocycles. The Morgan fingerprint density at radius 1 is 1.28 bits per heavy atom. The lowest BCUT2D eigenvalue weighted by molar-refractivity contribution is -0.138. The largest absolute Gasteiger partial charge is 0.390 e. The minimum absolute atomic E-state index is 0.0189. The third kappa shape index (κ3) is 2.91. The Morgan fingerprint density at radius 2 is 1.94 bits per heavy atom. The molecule has 96 valence electrons. The van der Waals surface area contributed by atoms with Crippen molar-refractivity contribution in [1.29, 1.82) is 0 Å². The summed E-state index contributed by atoms with van der Waals surface area (Å²) in [6.45, 7) is 0. The molecule has 0 amide bonds. The van der Waals surface area contributed by atoms with Crippen LogP contribution in [0.5, 0.6) is 0 Å². The fraction of sp³-hybridized carbons (Fsp3) is 0.250. The molecule has 0 spiro atoms. The van der Waals surface area contributed by atoms with Crippen LogP contribution in [0.2, 0.25) is 5.15 Å². The lowest BCUT2D eigenvalue weighted by atomic mass is 10.0. The summed E-state index contributed by atoms with van der Waals surface area (Å²) in [4.78, 5) is 4.04. The molecular formula is C12H10ClF3N2. The summed E-state index contributed by atoms with van der Waals surface area (Å²) in [5.41, 5.74) is 6.37. The van der Waals surface area contributed by atoms with Gasteiger partial charge >= 0.3 is 6.18 Å². The molecule has 1 atom stereocenters. The predicted octanol–water partition coefficient (Wildman–Crippen LogP) is 3.84. The number of benzene rings is 1. The molecule has 0 radical (unpaired) electrons. The fourth-order valence-corrected chi connectivity index (χ4v) is 2.01. The molecule has 0 aliphatic heterocycles. The second kappa shape index (κ2) is 4.74. The highest BCUT2D eigenvalue weighted by Gasteiger charge is 2.32. The fourth-order valence-electron chi connectivity index (χ4n) is 1.73. The van der Waals surface area contributed by atoms with Gasteiger partial charge in [-0.3, -0.25) is 0 Å². The maximum Gasteiger partial charge on any atom is 0.390 e. The maximum absolute atomic E-state index is 12.3. The number of para-hydroxylation sites is 1. The van der Waals surface area contributed by atoms with Crippen molar-refractivity contribution in [2.45, 2.75) is 18.6 Å². The zero-order valence-electron chi connectivity index (χ0n) is 9.21. The number of aromatic nitrogens is 1. The van der Waals surface area contributed by atoms with E-state index in [1.807, 2.05) is 0 Å². The first-order chi connectivity index (χ1) is 8.37. The number of alkyl halides is 3. The Morgan fingerprint density at radius 3 is 2.61 bits per heavy atom. The molecule has 1 aromatic carbocycles. The first-order valence-corrected chi connectivity index (χ1v) is 5.62. The van der Waals surface area contributed by atoms with E-state index in [0.29, 0.717) is 5.52 Å². The third-order valence-corrected chi connectivity index (χ3v) is 2.86. The number of hydrogen-bond acceptors (Lipinski definition) is 2. The number of nitrogens with two attached hydrogens (primary N) is 1. The van der Waals surface area contributed by atoms with Gasteiger partial charge in [-0.2, -0.15) is 13.2 Å². The Bertz CT molecular complexity index is 569. The zero-order chi connectivity index (χ0) is 13.3. The van der Waals surface area contributed by atoms with Crippen LogP contribution in [-0.2, 0) is 0 Å². The highest BCUT2D eigenvalue weighted by Crippen LogP contribution is 2.32. The number of nitrogens with zero attached hydrogens (tertiary/aromatic N) is 1. The molecule has 0 fully saturated rings. The van der Waals surface area contributed by atoms with E-state index in [9.17, 15) is 13.2 Å². The molecule has 2 nitrogen and oxygen atoms in total. The second-order valence-corrected chi connectivity index (χ2v) is 4.34. The number of hydrogen-bond donors (Lipinski definition) is 1. The van der Waals surface area contributed by atoms with Gasteiger partial charge in [0.1, 0.15) is 5.15 Å². The van der Waals surface area contributed by atoms with Gasteiger partial charge in [0.25, 0.3) is 0 Å². The van der Waals surface area contributed by atoms with Gasteiger partial charge in [-0.05, 0) is 12.1 Å². The van der Waals surface area contributed by atoms with Gasteiger partial charge in [0.05, 0.1) is 11.9 Å². The lowest BCUT2D eigenvalue weighted by Gasteiger charge is -2.15. The van der Waals surface area contributed by atoms with Crippen LogP contribution in [0.15, 0.2) is 30.3 Å². The van der Waals surface area contributed by atoms with Crippen LogP contribution in [0.1, 0.15) is 18.0 Å². The summed E-state index contributed by atoms with van der Waals surface area (Å²) < 4.78 is 36.9. The summed E-state index contributed by atoms with van der Waals surface area (Å²) >= 11 is 5.87. The minimum Gasteiger partial charge on any atom is -0.324 e.